The summed E-state index contributed by atoms with van der Waals surface area (Å²) in [7, 11) is 2.07. The number of carbonyl (C=O) groups excluding carboxylic acids is 1. The highest BCUT2D eigenvalue weighted by molar-refractivity contribution is 5.77. The Hall–Kier alpha value is -1.38. The van der Waals surface area contributed by atoms with Gasteiger partial charge in [0.1, 0.15) is 0 Å². The van der Waals surface area contributed by atoms with E-state index in [1.54, 1.807) is 0 Å². The van der Waals surface area contributed by atoms with Gasteiger partial charge in [-0.05, 0) is 104 Å². The second-order valence-corrected chi connectivity index (χ2v) is 11.7. The van der Waals surface area contributed by atoms with Crippen LogP contribution in [0.5, 0.6) is 0 Å². The third-order valence-corrected chi connectivity index (χ3v) is 10.6. The maximum atomic E-state index is 12.4. The molecule has 3 aliphatic carbocycles. The van der Waals surface area contributed by atoms with Crippen LogP contribution >= 0.6 is 0 Å². The number of pyridine rings is 1. The summed E-state index contributed by atoms with van der Waals surface area (Å²) in [5.74, 6) is 4.34. The zero-order valence-electron chi connectivity index (χ0n) is 19.4. The molecule has 1 aromatic heterocycles. The number of likely N-dealkylation sites (tertiary alicyclic amines) is 1. The highest BCUT2D eigenvalue weighted by Gasteiger charge is 2.61. The Morgan fingerprint density at radius 2 is 1.87 bits per heavy atom. The first-order chi connectivity index (χ1) is 14.3. The molecule has 0 aromatic carbocycles. The van der Waals surface area contributed by atoms with Gasteiger partial charge in [0.2, 0.25) is 5.91 Å². The molecule has 1 saturated heterocycles. The first kappa shape index (κ1) is 20.5. The molecule has 1 unspecified atom stereocenters. The minimum atomic E-state index is 0.340. The van der Waals surface area contributed by atoms with Crippen LogP contribution in [0, 0.1) is 34.5 Å². The number of nitrogens with zero attached hydrogens (tertiary/aromatic N) is 2. The molecule has 0 N–H and O–H groups in total. The summed E-state index contributed by atoms with van der Waals surface area (Å²) in [6.45, 7) is 7.56. The Balaban J connectivity index is 1.35. The van der Waals surface area contributed by atoms with E-state index in [0.29, 0.717) is 28.7 Å². The standard InChI is InChI=1S/C27H40N2O/c1-18(23-7-5-6-16-28-23)17-19-8-10-21-20-9-11-24-27(3,15-13-25(30)29(24)4)22(20)12-14-26(19,21)2/h5-7,16,18-22,24H,8-15,17H2,1-4H3/t18?,19-,20+,21+,22+,24-,26-,27-/m1/s1. The van der Waals surface area contributed by atoms with Gasteiger partial charge in [0.15, 0.2) is 0 Å². The maximum Gasteiger partial charge on any atom is 0.222 e. The van der Waals surface area contributed by atoms with Crippen LogP contribution in [0.3, 0.4) is 0 Å². The largest absolute Gasteiger partial charge is 0.342 e. The molecule has 5 rings (SSSR count). The van der Waals surface area contributed by atoms with Crippen LogP contribution in [0.2, 0.25) is 0 Å². The van der Waals surface area contributed by atoms with Crippen molar-refractivity contribution < 1.29 is 4.79 Å². The number of aromatic nitrogens is 1. The maximum absolute atomic E-state index is 12.4. The van der Waals surface area contributed by atoms with Crippen molar-refractivity contribution in [2.75, 3.05) is 7.05 Å². The first-order valence-electron chi connectivity index (χ1n) is 12.5. The first-order valence-corrected chi connectivity index (χ1v) is 12.5. The second-order valence-electron chi connectivity index (χ2n) is 11.7. The average Bonchev–Trinajstić information content (AvgIpc) is 3.08. The number of amides is 1. The van der Waals surface area contributed by atoms with Gasteiger partial charge in [0.05, 0.1) is 0 Å². The predicted octanol–water partition coefficient (Wildman–Crippen LogP) is 6.05. The summed E-state index contributed by atoms with van der Waals surface area (Å²) >= 11 is 0. The zero-order chi connectivity index (χ0) is 21.1. The van der Waals surface area contributed by atoms with E-state index in [0.717, 1.165) is 36.5 Å². The van der Waals surface area contributed by atoms with Crippen LogP contribution < -0.4 is 0 Å². The lowest BCUT2D eigenvalue weighted by molar-refractivity contribution is -0.158. The van der Waals surface area contributed by atoms with Gasteiger partial charge in [0.25, 0.3) is 0 Å². The van der Waals surface area contributed by atoms with Crippen LogP contribution in [0.1, 0.15) is 90.2 Å². The fourth-order valence-corrected chi connectivity index (χ4v) is 8.86. The Kier molecular flexibility index (Phi) is 5.02. The van der Waals surface area contributed by atoms with Gasteiger partial charge in [-0.15, -0.1) is 0 Å². The SMILES string of the molecule is CC(C[C@H]1CC[C@H]2[C@@H]3CC[C@H]4N(C)C(=O)CC[C@]4(C)[C@H]3CC[C@]12C)c1ccccn1. The van der Waals surface area contributed by atoms with Crippen molar-refractivity contribution in [3.05, 3.63) is 30.1 Å². The Morgan fingerprint density at radius 3 is 2.63 bits per heavy atom. The lowest BCUT2D eigenvalue weighted by Gasteiger charge is -2.62. The molecule has 1 aromatic rings. The summed E-state index contributed by atoms with van der Waals surface area (Å²) in [5, 5.41) is 0. The van der Waals surface area contributed by atoms with Crippen molar-refractivity contribution in [2.45, 2.75) is 90.5 Å². The Morgan fingerprint density at radius 1 is 1.07 bits per heavy atom. The number of fused-ring (bicyclic) bond motifs is 5. The third-order valence-electron chi connectivity index (χ3n) is 10.6. The monoisotopic (exact) mass is 408 g/mol. The van der Waals surface area contributed by atoms with E-state index in [1.807, 2.05) is 12.3 Å². The van der Waals surface area contributed by atoms with Crippen LogP contribution in [-0.4, -0.2) is 28.9 Å². The molecule has 0 radical (unpaired) electrons. The topological polar surface area (TPSA) is 33.2 Å². The summed E-state index contributed by atoms with van der Waals surface area (Å²) in [6, 6.07) is 6.84. The van der Waals surface area contributed by atoms with E-state index < -0.39 is 0 Å². The number of hydrogen-bond acceptors (Lipinski definition) is 2. The highest BCUT2D eigenvalue weighted by Crippen LogP contribution is 2.67. The van der Waals surface area contributed by atoms with Crippen LogP contribution in [0.15, 0.2) is 24.4 Å². The molecular formula is C27H40N2O. The molecule has 0 bridgehead atoms. The van der Waals surface area contributed by atoms with E-state index in [-0.39, 0.29) is 0 Å². The quantitative estimate of drug-likeness (QED) is 0.609. The molecular weight excluding hydrogens is 368 g/mol. The molecule has 4 aliphatic rings. The molecule has 1 amide bonds. The van der Waals surface area contributed by atoms with E-state index in [9.17, 15) is 4.79 Å². The van der Waals surface area contributed by atoms with E-state index in [4.69, 9.17) is 0 Å². The van der Waals surface area contributed by atoms with Gasteiger partial charge < -0.3 is 4.90 Å². The summed E-state index contributed by atoms with van der Waals surface area (Å²) in [6.07, 6.45) is 13.3. The van der Waals surface area contributed by atoms with Crippen molar-refractivity contribution in [3.8, 4) is 0 Å². The number of carbonyl (C=O) groups is 1. The van der Waals surface area contributed by atoms with Gasteiger partial charge >= 0.3 is 0 Å². The van der Waals surface area contributed by atoms with E-state index >= 15 is 0 Å². The predicted molar refractivity (Wildman–Crippen MR) is 121 cm³/mol. The Labute approximate surface area is 183 Å². The molecule has 3 nitrogen and oxygen atoms in total. The molecule has 3 heteroatoms. The smallest absolute Gasteiger partial charge is 0.222 e. The van der Waals surface area contributed by atoms with Gasteiger partial charge in [-0.3, -0.25) is 9.78 Å². The molecule has 3 saturated carbocycles. The molecule has 164 valence electrons. The Bertz CT molecular complexity index is 793. The summed E-state index contributed by atoms with van der Waals surface area (Å²) < 4.78 is 0. The van der Waals surface area contributed by atoms with Crippen molar-refractivity contribution in [2.24, 2.45) is 34.5 Å². The lowest BCUT2D eigenvalue weighted by Crippen LogP contribution is -2.61. The number of hydrogen-bond donors (Lipinski definition) is 0. The van der Waals surface area contributed by atoms with Crippen LogP contribution in [0.4, 0.5) is 0 Å². The van der Waals surface area contributed by atoms with Gasteiger partial charge in [-0.2, -0.15) is 0 Å². The zero-order valence-corrected chi connectivity index (χ0v) is 19.4. The third kappa shape index (κ3) is 2.98. The van der Waals surface area contributed by atoms with E-state index in [1.165, 1.54) is 50.6 Å². The average molecular weight is 409 g/mol. The summed E-state index contributed by atoms with van der Waals surface area (Å²) in [5.41, 5.74) is 2.11. The molecule has 1 aliphatic heterocycles. The number of piperidine rings is 1. The van der Waals surface area contributed by atoms with Crippen molar-refractivity contribution in [3.63, 3.8) is 0 Å². The fraction of sp³-hybridized carbons (Fsp3) is 0.778. The second kappa shape index (κ2) is 7.35. The lowest BCUT2D eigenvalue weighted by atomic mass is 9.46. The number of rotatable bonds is 3. The molecule has 2 heterocycles. The van der Waals surface area contributed by atoms with Gasteiger partial charge in [-0.25, -0.2) is 0 Å². The van der Waals surface area contributed by atoms with Crippen LogP contribution in [0.25, 0.3) is 0 Å². The molecule has 30 heavy (non-hydrogen) atoms. The molecule has 8 atom stereocenters. The summed E-state index contributed by atoms with van der Waals surface area (Å²) in [4.78, 5) is 19.1. The van der Waals surface area contributed by atoms with Gasteiger partial charge in [0, 0.05) is 31.4 Å². The van der Waals surface area contributed by atoms with Crippen molar-refractivity contribution >= 4 is 5.91 Å². The fourth-order valence-electron chi connectivity index (χ4n) is 8.86. The minimum absolute atomic E-state index is 0.340. The molecule has 0 spiro atoms. The highest BCUT2D eigenvalue weighted by atomic mass is 16.2. The minimum Gasteiger partial charge on any atom is -0.342 e. The molecule has 4 fully saturated rings. The normalized spacial score (nSPS) is 44.2. The van der Waals surface area contributed by atoms with Crippen molar-refractivity contribution in [1.82, 2.24) is 9.88 Å². The van der Waals surface area contributed by atoms with E-state index in [2.05, 4.69) is 49.8 Å². The van der Waals surface area contributed by atoms with Crippen LogP contribution in [-0.2, 0) is 4.79 Å². The van der Waals surface area contributed by atoms with Crippen molar-refractivity contribution in [1.29, 1.82) is 0 Å². The van der Waals surface area contributed by atoms with Gasteiger partial charge in [-0.1, -0.05) is 26.8 Å².